The number of nitrogens with zero attached hydrogens (tertiary/aromatic N) is 3. The van der Waals surface area contributed by atoms with E-state index in [0.29, 0.717) is 6.61 Å². The van der Waals surface area contributed by atoms with Crippen molar-refractivity contribution in [2.75, 3.05) is 66.1 Å². The van der Waals surface area contributed by atoms with Crippen LogP contribution in [-0.4, -0.2) is 81.8 Å². The minimum atomic E-state index is 0. The fourth-order valence-electron chi connectivity index (χ4n) is 2.93. The molecule has 0 bridgehead atoms. The highest BCUT2D eigenvalue weighted by molar-refractivity contribution is 14.0. The molecular weight excluding hydrogens is 441 g/mol. The Labute approximate surface area is 175 Å². The number of hydrogen-bond donors (Lipinski definition) is 2. The van der Waals surface area contributed by atoms with Crippen LogP contribution < -0.4 is 10.6 Å². The van der Waals surface area contributed by atoms with Crippen molar-refractivity contribution in [1.82, 2.24) is 20.4 Å². The molecule has 1 aromatic rings. The van der Waals surface area contributed by atoms with Crippen LogP contribution in [0.25, 0.3) is 0 Å². The zero-order valence-corrected chi connectivity index (χ0v) is 18.4. The molecule has 1 saturated heterocycles. The van der Waals surface area contributed by atoms with Crippen molar-refractivity contribution in [2.45, 2.75) is 13.5 Å². The predicted octanol–water partition coefficient (Wildman–Crippen LogP) is 1.62. The lowest BCUT2D eigenvalue weighted by Crippen LogP contribution is -2.46. The number of nitrogens with one attached hydrogen (secondary N) is 2. The van der Waals surface area contributed by atoms with Gasteiger partial charge in [0.2, 0.25) is 0 Å². The summed E-state index contributed by atoms with van der Waals surface area (Å²) in [6, 6.07) is 10.7. The maximum Gasteiger partial charge on any atom is 0.191 e. The molecule has 0 amide bonds. The molecule has 148 valence electrons. The lowest BCUT2D eigenvalue weighted by Gasteiger charge is -2.34. The van der Waals surface area contributed by atoms with E-state index >= 15 is 0 Å². The van der Waals surface area contributed by atoms with E-state index < -0.39 is 0 Å². The normalized spacial score (nSPS) is 16.2. The van der Waals surface area contributed by atoms with Gasteiger partial charge >= 0.3 is 0 Å². The number of halogens is 1. The first kappa shape index (κ1) is 23.1. The van der Waals surface area contributed by atoms with Gasteiger partial charge in [-0.05, 0) is 12.5 Å². The molecule has 2 N–H and O–H groups in total. The van der Waals surface area contributed by atoms with Crippen LogP contribution >= 0.6 is 24.0 Å². The van der Waals surface area contributed by atoms with Crippen molar-refractivity contribution < 1.29 is 4.74 Å². The van der Waals surface area contributed by atoms with Gasteiger partial charge in [-0.25, -0.2) is 0 Å². The predicted molar refractivity (Wildman–Crippen MR) is 119 cm³/mol. The average molecular weight is 475 g/mol. The topological polar surface area (TPSA) is 52.1 Å². The van der Waals surface area contributed by atoms with Crippen LogP contribution in [0, 0.1) is 0 Å². The van der Waals surface area contributed by atoms with Crippen molar-refractivity contribution in [3.8, 4) is 0 Å². The highest BCUT2D eigenvalue weighted by Gasteiger charge is 2.16. The van der Waals surface area contributed by atoms with E-state index in [9.17, 15) is 0 Å². The zero-order valence-electron chi connectivity index (χ0n) is 16.1. The molecule has 0 radical (unpaired) electrons. The molecule has 1 aliphatic heterocycles. The molecule has 0 aliphatic carbocycles. The summed E-state index contributed by atoms with van der Waals surface area (Å²) in [5.41, 5.74) is 1.40. The summed E-state index contributed by atoms with van der Waals surface area (Å²) in [6.45, 7) is 11.8. The van der Waals surface area contributed by atoms with Crippen LogP contribution in [0.15, 0.2) is 35.3 Å². The molecule has 7 heteroatoms. The van der Waals surface area contributed by atoms with Crippen molar-refractivity contribution >= 4 is 29.9 Å². The smallest absolute Gasteiger partial charge is 0.191 e. The van der Waals surface area contributed by atoms with Gasteiger partial charge in [0.05, 0.1) is 13.2 Å². The molecule has 26 heavy (non-hydrogen) atoms. The largest absolute Gasteiger partial charge is 0.383 e. The van der Waals surface area contributed by atoms with Crippen LogP contribution in [0.1, 0.15) is 12.5 Å². The molecule has 1 aromatic carbocycles. The van der Waals surface area contributed by atoms with Gasteiger partial charge in [-0.2, -0.15) is 0 Å². The molecule has 0 spiro atoms. The average Bonchev–Trinajstić information content (AvgIpc) is 2.64. The number of piperazine rings is 1. The molecule has 1 aliphatic rings. The first-order valence-electron chi connectivity index (χ1n) is 9.31. The molecule has 0 atom stereocenters. The van der Waals surface area contributed by atoms with E-state index in [1.54, 1.807) is 7.11 Å². The van der Waals surface area contributed by atoms with Crippen LogP contribution in [-0.2, 0) is 11.3 Å². The van der Waals surface area contributed by atoms with Gasteiger partial charge < -0.3 is 15.4 Å². The van der Waals surface area contributed by atoms with Gasteiger partial charge in [0, 0.05) is 59.5 Å². The first-order chi connectivity index (χ1) is 12.3. The summed E-state index contributed by atoms with van der Waals surface area (Å²) in [5, 5.41) is 6.55. The maximum atomic E-state index is 5.06. The third-order valence-electron chi connectivity index (χ3n) is 4.34. The molecule has 1 fully saturated rings. The zero-order chi connectivity index (χ0) is 17.7. The molecular formula is C19H34IN5O. The fourth-order valence-corrected chi connectivity index (χ4v) is 2.93. The van der Waals surface area contributed by atoms with E-state index in [2.05, 4.69) is 62.7 Å². The monoisotopic (exact) mass is 475 g/mol. The van der Waals surface area contributed by atoms with Crippen molar-refractivity contribution in [3.05, 3.63) is 35.9 Å². The van der Waals surface area contributed by atoms with Crippen molar-refractivity contribution in [3.63, 3.8) is 0 Å². The van der Waals surface area contributed by atoms with Gasteiger partial charge in [-0.1, -0.05) is 30.3 Å². The third-order valence-corrected chi connectivity index (χ3v) is 4.34. The van der Waals surface area contributed by atoms with Crippen LogP contribution in [0.2, 0.25) is 0 Å². The van der Waals surface area contributed by atoms with Gasteiger partial charge in [0.25, 0.3) is 0 Å². The minimum Gasteiger partial charge on any atom is -0.383 e. The Morgan fingerprint density at radius 1 is 1.08 bits per heavy atom. The van der Waals surface area contributed by atoms with Gasteiger partial charge in [0.15, 0.2) is 5.96 Å². The lowest BCUT2D eigenvalue weighted by atomic mass is 10.2. The van der Waals surface area contributed by atoms with E-state index in [4.69, 9.17) is 4.74 Å². The summed E-state index contributed by atoms with van der Waals surface area (Å²) in [5.74, 6) is 0.877. The van der Waals surface area contributed by atoms with Gasteiger partial charge in [0.1, 0.15) is 0 Å². The highest BCUT2D eigenvalue weighted by atomic mass is 127. The second-order valence-electron chi connectivity index (χ2n) is 6.28. The number of rotatable bonds is 9. The summed E-state index contributed by atoms with van der Waals surface area (Å²) in [6.07, 6.45) is 0. The number of benzene rings is 1. The van der Waals surface area contributed by atoms with E-state index in [1.165, 1.54) is 5.56 Å². The molecule has 0 unspecified atom stereocenters. The number of guanidine groups is 1. The quantitative estimate of drug-likeness (QED) is 0.246. The fraction of sp³-hybridized carbons (Fsp3) is 0.632. The van der Waals surface area contributed by atoms with Gasteiger partial charge in [-0.15, -0.1) is 24.0 Å². The molecule has 2 rings (SSSR count). The van der Waals surface area contributed by atoms with Crippen LogP contribution in [0.4, 0.5) is 0 Å². The molecule has 1 heterocycles. The second-order valence-corrected chi connectivity index (χ2v) is 6.28. The number of aliphatic imine (C=N–C) groups is 1. The maximum absolute atomic E-state index is 5.06. The third kappa shape index (κ3) is 9.16. The highest BCUT2D eigenvalue weighted by Crippen LogP contribution is 2.08. The summed E-state index contributed by atoms with van der Waals surface area (Å²) < 4.78 is 5.06. The molecule has 0 saturated carbocycles. The first-order valence-corrected chi connectivity index (χ1v) is 9.31. The Bertz CT molecular complexity index is 492. The number of ether oxygens (including phenoxy) is 1. The Kier molecular flexibility index (Phi) is 12.6. The van der Waals surface area contributed by atoms with Gasteiger partial charge in [-0.3, -0.25) is 14.8 Å². The number of hydrogen-bond acceptors (Lipinski definition) is 4. The molecule has 0 aromatic heterocycles. The standard InChI is InChI=1S/C19H33N5O.HI/c1-3-20-19(22-10-16-25-2)21-9-11-23-12-14-24(15-13-23)17-18-7-5-4-6-8-18;/h4-8H,3,9-17H2,1-2H3,(H2,20,21,22);1H. The molecule has 6 nitrogen and oxygen atoms in total. The number of methoxy groups -OCH3 is 1. The SMILES string of the molecule is CCNC(=NCCN1CCN(Cc2ccccc2)CC1)NCCOC.I. The Balaban J connectivity index is 0.00000338. The Morgan fingerprint density at radius 2 is 1.77 bits per heavy atom. The van der Waals surface area contributed by atoms with Crippen molar-refractivity contribution in [2.24, 2.45) is 4.99 Å². The Morgan fingerprint density at radius 3 is 2.42 bits per heavy atom. The van der Waals surface area contributed by atoms with Crippen molar-refractivity contribution in [1.29, 1.82) is 0 Å². The van der Waals surface area contributed by atoms with E-state index in [1.807, 2.05) is 0 Å². The summed E-state index contributed by atoms with van der Waals surface area (Å²) >= 11 is 0. The lowest BCUT2D eigenvalue weighted by molar-refractivity contribution is 0.130. The summed E-state index contributed by atoms with van der Waals surface area (Å²) in [7, 11) is 1.71. The Hall–Kier alpha value is -0.900. The van der Waals surface area contributed by atoms with E-state index in [-0.39, 0.29) is 24.0 Å². The summed E-state index contributed by atoms with van der Waals surface area (Å²) in [4.78, 5) is 9.69. The van der Waals surface area contributed by atoms with E-state index in [0.717, 1.165) is 64.9 Å². The second kappa shape index (κ2) is 14.2. The van der Waals surface area contributed by atoms with Crippen LogP contribution in [0.5, 0.6) is 0 Å². The minimum absolute atomic E-state index is 0. The van der Waals surface area contributed by atoms with Crippen LogP contribution in [0.3, 0.4) is 0 Å².